The molecule has 1 unspecified atom stereocenters. The van der Waals surface area contributed by atoms with Crippen LogP contribution in [0.4, 0.5) is 0 Å². The third kappa shape index (κ3) is 3.54. The van der Waals surface area contributed by atoms with Crippen LogP contribution in [-0.4, -0.2) is 41.6 Å². The minimum absolute atomic E-state index is 0.199. The van der Waals surface area contributed by atoms with Gasteiger partial charge in [-0.25, -0.2) is 4.79 Å². The standard InChI is InChI=1S/C16H23NO4/c1-6-13(11-7-9-12(21-5)10-8-11)14(18)17(4)16(2,3)15(19)20/h7-10,13H,6H2,1-5H3,(H,19,20). The van der Waals surface area contributed by atoms with E-state index >= 15 is 0 Å². The van der Waals surface area contributed by atoms with Crippen molar-refractivity contribution in [3.05, 3.63) is 29.8 Å². The van der Waals surface area contributed by atoms with Crippen molar-refractivity contribution >= 4 is 11.9 Å². The van der Waals surface area contributed by atoms with Gasteiger partial charge in [-0.15, -0.1) is 0 Å². The molecule has 116 valence electrons. The monoisotopic (exact) mass is 293 g/mol. The summed E-state index contributed by atoms with van der Waals surface area (Å²) >= 11 is 0. The highest BCUT2D eigenvalue weighted by Gasteiger charge is 2.37. The van der Waals surface area contributed by atoms with Crippen LogP contribution in [-0.2, 0) is 9.59 Å². The second-order valence-corrected chi connectivity index (χ2v) is 5.50. The lowest BCUT2D eigenvalue weighted by atomic mass is 9.92. The summed E-state index contributed by atoms with van der Waals surface area (Å²) in [5, 5.41) is 9.24. The van der Waals surface area contributed by atoms with E-state index in [1.165, 1.54) is 25.8 Å². The molecule has 0 aromatic heterocycles. The number of carbonyl (C=O) groups is 2. The average molecular weight is 293 g/mol. The maximum Gasteiger partial charge on any atom is 0.329 e. The van der Waals surface area contributed by atoms with Gasteiger partial charge in [0.05, 0.1) is 13.0 Å². The van der Waals surface area contributed by atoms with Crippen LogP contribution < -0.4 is 4.74 Å². The Kier molecular flexibility index (Phi) is 5.35. The number of hydrogen-bond acceptors (Lipinski definition) is 3. The third-order valence-electron chi connectivity index (χ3n) is 3.92. The van der Waals surface area contributed by atoms with Gasteiger partial charge < -0.3 is 14.7 Å². The quantitative estimate of drug-likeness (QED) is 0.875. The summed E-state index contributed by atoms with van der Waals surface area (Å²) in [5.41, 5.74) is -0.381. The van der Waals surface area contributed by atoms with Gasteiger partial charge in [0.15, 0.2) is 0 Å². The summed E-state index contributed by atoms with van der Waals surface area (Å²) in [6.07, 6.45) is 0.602. The van der Waals surface area contributed by atoms with Crippen molar-refractivity contribution in [3.8, 4) is 5.75 Å². The molecule has 0 fully saturated rings. The number of benzene rings is 1. The predicted octanol–water partition coefficient (Wildman–Crippen LogP) is 2.51. The Morgan fingerprint density at radius 1 is 1.29 bits per heavy atom. The number of ether oxygens (including phenoxy) is 1. The van der Waals surface area contributed by atoms with Crippen LogP contribution in [0.15, 0.2) is 24.3 Å². The van der Waals surface area contributed by atoms with Gasteiger partial charge >= 0.3 is 5.97 Å². The topological polar surface area (TPSA) is 66.8 Å². The van der Waals surface area contributed by atoms with Crippen molar-refractivity contribution in [2.45, 2.75) is 38.6 Å². The number of carboxylic acid groups (broad SMARTS) is 1. The number of amides is 1. The lowest BCUT2D eigenvalue weighted by Gasteiger charge is -2.34. The molecule has 0 heterocycles. The average Bonchev–Trinajstić information content (AvgIpc) is 2.47. The van der Waals surface area contributed by atoms with Gasteiger partial charge in [0, 0.05) is 7.05 Å². The van der Waals surface area contributed by atoms with Crippen molar-refractivity contribution in [2.75, 3.05) is 14.2 Å². The summed E-state index contributed by atoms with van der Waals surface area (Å²) in [7, 11) is 3.11. The normalized spacial score (nSPS) is 12.6. The third-order valence-corrected chi connectivity index (χ3v) is 3.92. The molecule has 21 heavy (non-hydrogen) atoms. The second-order valence-electron chi connectivity index (χ2n) is 5.50. The Hall–Kier alpha value is -2.04. The summed E-state index contributed by atoms with van der Waals surface area (Å²) in [4.78, 5) is 25.2. The van der Waals surface area contributed by atoms with Crippen molar-refractivity contribution in [1.29, 1.82) is 0 Å². The number of likely N-dealkylation sites (N-methyl/N-ethyl adjacent to an activating group) is 1. The van der Waals surface area contributed by atoms with Crippen LogP contribution in [0.5, 0.6) is 5.75 Å². The number of hydrogen-bond donors (Lipinski definition) is 1. The van der Waals surface area contributed by atoms with E-state index in [2.05, 4.69) is 0 Å². The lowest BCUT2D eigenvalue weighted by Crippen LogP contribution is -2.52. The van der Waals surface area contributed by atoms with E-state index in [0.717, 1.165) is 11.3 Å². The van der Waals surface area contributed by atoms with E-state index in [0.29, 0.717) is 6.42 Å². The Morgan fingerprint density at radius 2 is 1.81 bits per heavy atom. The zero-order valence-electron chi connectivity index (χ0n) is 13.2. The SMILES string of the molecule is CCC(C(=O)N(C)C(C)(C)C(=O)O)c1ccc(OC)cc1. The first kappa shape index (κ1) is 17.0. The van der Waals surface area contributed by atoms with Gasteiger partial charge in [0.1, 0.15) is 11.3 Å². The maximum atomic E-state index is 12.6. The van der Waals surface area contributed by atoms with E-state index in [4.69, 9.17) is 4.74 Å². The first-order valence-electron chi connectivity index (χ1n) is 6.90. The fourth-order valence-electron chi connectivity index (χ4n) is 2.04. The number of carbonyl (C=O) groups excluding carboxylic acids is 1. The van der Waals surface area contributed by atoms with Crippen LogP contribution in [0.2, 0.25) is 0 Å². The van der Waals surface area contributed by atoms with Crippen molar-refractivity contribution in [3.63, 3.8) is 0 Å². The fraction of sp³-hybridized carbons (Fsp3) is 0.500. The van der Waals surface area contributed by atoms with E-state index in [-0.39, 0.29) is 11.8 Å². The van der Waals surface area contributed by atoms with Crippen molar-refractivity contribution in [1.82, 2.24) is 4.90 Å². The zero-order chi connectivity index (χ0) is 16.2. The highest BCUT2D eigenvalue weighted by molar-refractivity contribution is 5.89. The number of aliphatic carboxylic acids is 1. The zero-order valence-corrected chi connectivity index (χ0v) is 13.2. The first-order chi connectivity index (χ1) is 9.75. The molecule has 0 radical (unpaired) electrons. The Balaban J connectivity index is 3.03. The van der Waals surface area contributed by atoms with Gasteiger partial charge in [0.2, 0.25) is 5.91 Å². The van der Waals surface area contributed by atoms with Crippen LogP contribution in [0.3, 0.4) is 0 Å². The summed E-state index contributed by atoms with van der Waals surface area (Å²) in [6, 6.07) is 7.28. The number of nitrogens with zero attached hydrogens (tertiary/aromatic N) is 1. The minimum atomic E-state index is -1.24. The molecule has 5 heteroatoms. The van der Waals surface area contributed by atoms with E-state index in [1.807, 2.05) is 19.1 Å². The molecule has 0 bridgehead atoms. The molecule has 1 rings (SSSR count). The van der Waals surface area contributed by atoms with Gasteiger partial charge in [0.25, 0.3) is 0 Å². The molecular weight excluding hydrogens is 270 g/mol. The Bertz CT molecular complexity index is 508. The Morgan fingerprint density at radius 3 is 2.19 bits per heavy atom. The van der Waals surface area contributed by atoms with Gasteiger partial charge in [-0.2, -0.15) is 0 Å². The van der Waals surface area contributed by atoms with Crippen LogP contribution in [0, 0.1) is 0 Å². The molecule has 5 nitrogen and oxygen atoms in total. The van der Waals surface area contributed by atoms with Gasteiger partial charge in [-0.3, -0.25) is 4.79 Å². The molecule has 0 aliphatic carbocycles. The van der Waals surface area contributed by atoms with E-state index in [1.54, 1.807) is 19.2 Å². The van der Waals surface area contributed by atoms with Crippen molar-refractivity contribution < 1.29 is 19.4 Å². The van der Waals surface area contributed by atoms with Gasteiger partial charge in [-0.1, -0.05) is 19.1 Å². The second kappa shape index (κ2) is 6.61. The number of methoxy groups -OCH3 is 1. The molecule has 0 aliphatic rings. The van der Waals surface area contributed by atoms with Crippen molar-refractivity contribution in [2.24, 2.45) is 0 Å². The fourth-order valence-corrected chi connectivity index (χ4v) is 2.04. The maximum absolute atomic E-state index is 12.6. The summed E-state index contributed by atoms with van der Waals surface area (Å²) < 4.78 is 5.10. The molecule has 0 aliphatic heterocycles. The number of carboxylic acids is 1. The molecule has 0 saturated carbocycles. The molecule has 1 aromatic carbocycles. The summed E-state index contributed by atoms with van der Waals surface area (Å²) in [5.74, 6) is -0.863. The van der Waals surface area contributed by atoms with Crippen LogP contribution >= 0.6 is 0 Å². The van der Waals surface area contributed by atoms with E-state index in [9.17, 15) is 14.7 Å². The van der Waals surface area contributed by atoms with Crippen LogP contribution in [0.25, 0.3) is 0 Å². The molecule has 1 N–H and O–H groups in total. The Labute approximate surface area is 125 Å². The lowest BCUT2D eigenvalue weighted by molar-refractivity contribution is -0.156. The molecule has 0 saturated heterocycles. The van der Waals surface area contributed by atoms with Gasteiger partial charge in [-0.05, 0) is 38.0 Å². The molecule has 0 spiro atoms. The molecule has 1 amide bonds. The van der Waals surface area contributed by atoms with E-state index < -0.39 is 11.5 Å². The minimum Gasteiger partial charge on any atom is -0.497 e. The largest absolute Gasteiger partial charge is 0.497 e. The number of rotatable bonds is 6. The predicted molar refractivity (Wildman–Crippen MR) is 80.5 cm³/mol. The molecular formula is C16H23NO4. The smallest absolute Gasteiger partial charge is 0.329 e. The highest BCUT2D eigenvalue weighted by Crippen LogP contribution is 2.26. The summed E-state index contributed by atoms with van der Waals surface area (Å²) in [6.45, 7) is 4.95. The molecule has 1 atom stereocenters. The van der Waals surface area contributed by atoms with Crippen LogP contribution in [0.1, 0.15) is 38.7 Å². The first-order valence-corrected chi connectivity index (χ1v) is 6.90. The molecule has 1 aromatic rings. The highest BCUT2D eigenvalue weighted by atomic mass is 16.5.